The van der Waals surface area contributed by atoms with Crippen molar-refractivity contribution in [3.63, 3.8) is 0 Å². The average molecular weight is 437 g/mol. The number of amides is 3. The Hall–Kier alpha value is -3.43. The van der Waals surface area contributed by atoms with Crippen LogP contribution >= 0.6 is 0 Å². The van der Waals surface area contributed by atoms with E-state index in [1.54, 1.807) is 0 Å². The van der Waals surface area contributed by atoms with E-state index in [2.05, 4.69) is 5.32 Å². The lowest BCUT2D eigenvalue weighted by Gasteiger charge is -2.35. The summed E-state index contributed by atoms with van der Waals surface area (Å²) in [6, 6.07) is 8.88. The molecule has 2 aromatic carbocycles. The van der Waals surface area contributed by atoms with Crippen LogP contribution in [0.15, 0.2) is 48.5 Å². The van der Waals surface area contributed by atoms with Gasteiger partial charge in [0, 0.05) is 37.3 Å². The number of hydrogen-bond donors (Lipinski definition) is 1. The van der Waals surface area contributed by atoms with Gasteiger partial charge in [-0.3, -0.25) is 14.4 Å². The monoisotopic (exact) mass is 437 g/mol. The molecule has 10 heteroatoms. The van der Waals surface area contributed by atoms with Gasteiger partial charge in [0.15, 0.2) is 0 Å². The van der Waals surface area contributed by atoms with Crippen molar-refractivity contribution >= 4 is 17.7 Å². The number of halogens is 4. The number of alkyl halides is 3. The zero-order valence-electron chi connectivity index (χ0n) is 16.3. The maximum absolute atomic E-state index is 12.9. The Labute approximate surface area is 175 Å². The molecule has 6 nitrogen and oxygen atoms in total. The molecule has 164 valence electrons. The van der Waals surface area contributed by atoms with Crippen LogP contribution in [0.5, 0.6) is 0 Å². The van der Waals surface area contributed by atoms with Crippen molar-refractivity contribution in [2.75, 3.05) is 32.7 Å². The van der Waals surface area contributed by atoms with Gasteiger partial charge < -0.3 is 15.1 Å². The van der Waals surface area contributed by atoms with E-state index in [9.17, 15) is 31.9 Å². The Morgan fingerprint density at radius 3 is 1.87 bits per heavy atom. The lowest BCUT2D eigenvalue weighted by molar-refractivity contribution is -0.137. The summed E-state index contributed by atoms with van der Waals surface area (Å²) in [7, 11) is 0. The zero-order valence-corrected chi connectivity index (χ0v) is 16.3. The molecule has 3 rings (SSSR count). The highest BCUT2D eigenvalue weighted by Crippen LogP contribution is 2.29. The van der Waals surface area contributed by atoms with E-state index in [4.69, 9.17) is 0 Å². The Morgan fingerprint density at radius 1 is 0.806 bits per heavy atom. The molecular formula is C21H19F4N3O3. The highest BCUT2D eigenvalue weighted by molar-refractivity contribution is 5.96. The Kier molecular flexibility index (Phi) is 6.57. The second-order valence-electron chi connectivity index (χ2n) is 6.94. The van der Waals surface area contributed by atoms with Crippen LogP contribution in [-0.4, -0.2) is 60.2 Å². The SMILES string of the molecule is O=C(NCC(=O)N1CCN(C(=O)c2ccc(C(F)(F)F)cc2)CC1)c1ccc(F)cc1. The first-order chi connectivity index (χ1) is 14.6. The summed E-state index contributed by atoms with van der Waals surface area (Å²) in [6.45, 7) is 0.660. The summed E-state index contributed by atoms with van der Waals surface area (Å²) in [4.78, 5) is 39.7. The number of nitrogens with one attached hydrogen (secondary N) is 1. The standard InChI is InChI=1S/C21H19F4N3O3/c22-17-7-3-14(4-8-17)19(30)26-13-18(29)27-9-11-28(12-10-27)20(31)15-1-5-16(6-2-15)21(23,24)25/h1-8H,9-13H2,(H,26,30). The molecule has 1 aliphatic rings. The van der Waals surface area contributed by atoms with Crippen LogP contribution in [0.3, 0.4) is 0 Å². The molecule has 0 unspecified atom stereocenters. The molecule has 0 atom stereocenters. The van der Waals surface area contributed by atoms with Gasteiger partial charge in [-0.2, -0.15) is 13.2 Å². The third-order valence-electron chi connectivity index (χ3n) is 4.89. The second kappa shape index (κ2) is 9.15. The van der Waals surface area contributed by atoms with Gasteiger partial charge in [-0.05, 0) is 48.5 Å². The minimum atomic E-state index is -4.47. The predicted molar refractivity (Wildman–Crippen MR) is 103 cm³/mol. The summed E-state index contributed by atoms with van der Waals surface area (Å²) in [5, 5.41) is 2.47. The molecule has 0 aromatic heterocycles. The van der Waals surface area contributed by atoms with Gasteiger partial charge in [0.1, 0.15) is 5.82 Å². The van der Waals surface area contributed by atoms with Gasteiger partial charge in [-0.15, -0.1) is 0 Å². The Morgan fingerprint density at radius 2 is 1.32 bits per heavy atom. The fourth-order valence-electron chi connectivity index (χ4n) is 3.11. The smallest absolute Gasteiger partial charge is 0.343 e. The normalized spacial score (nSPS) is 14.3. The first-order valence-electron chi connectivity index (χ1n) is 9.43. The largest absolute Gasteiger partial charge is 0.416 e. The first kappa shape index (κ1) is 22.3. The van der Waals surface area contributed by atoms with E-state index in [0.29, 0.717) is 0 Å². The predicted octanol–water partition coefficient (Wildman–Crippen LogP) is 2.56. The zero-order chi connectivity index (χ0) is 22.6. The van der Waals surface area contributed by atoms with Crippen molar-refractivity contribution in [2.24, 2.45) is 0 Å². The molecule has 2 aromatic rings. The lowest BCUT2D eigenvalue weighted by Crippen LogP contribution is -2.52. The third-order valence-corrected chi connectivity index (χ3v) is 4.89. The summed E-state index contributed by atoms with van der Waals surface area (Å²) in [6.07, 6.45) is -4.47. The van der Waals surface area contributed by atoms with Crippen LogP contribution in [0.2, 0.25) is 0 Å². The minimum absolute atomic E-state index is 0.138. The topological polar surface area (TPSA) is 69.7 Å². The molecule has 0 saturated carbocycles. The van der Waals surface area contributed by atoms with E-state index in [-0.39, 0.29) is 49.8 Å². The Balaban J connectivity index is 1.48. The molecule has 1 saturated heterocycles. The Bertz CT molecular complexity index is 951. The number of nitrogens with zero attached hydrogens (tertiary/aromatic N) is 2. The molecule has 1 N–H and O–H groups in total. The van der Waals surface area contributed by atoms with Crippen LogP contribution in [0.1, 0.15) is 26.3 Å². The fourth-order valence-corrected chi connectivity index (χ4v) is 3.11. The lowest BCUT2D eigenvalue weighted by atomic mass is 10.1. The molecule has 3 amide bonds. The van der Waals surface area contributed by atoms with Crippen LogP contribution in [0.4, 0.5) is 17.6 Å². The van der Waals surface area contributed by atoms with Gasteiger partial charge >= 0.3 is 6.18 Å². The van der Waals surface area contributed by atoms with E-state index in [0.717, 1.165) is 36.4 Å². The number of rotatable bonds is 4. The fraction of sp³-hybridized carbons (Fsp3) is 0.286. The highest BCUT2D eigenvalue weighted by Gasteiger charge is 2.31. The van der Waals surface area contributed by atoms with Crippen LogP contribution in [0.25, 0.3) is 0 Å². The number of piperazine rings is 1. The van der Waals surface area contributed by atoms with Crippen LogP contribution in [0, 0.1) is 5.82 Å². The molecule has 1 fully saturated rings. The number of carbonyl (C=O) groups excluding carboxylic acids is 3. The van der Waals surface area contributed by atoms with Gasteiger partial charge in [0.25, 0.3) is 11.8 Å². The molecule has 1 heterocycles. The molecule has 0 spiro atoms. The molecule has 0 aliphatic carbocycles. The van der Waals surface area contributed by atoms with E-state index in [1.165, 1.54) is 21.9 Å². The summed E-state index contributed by atoms with van der Waals surface area (Å²) < 4.78 is 50.8. The van der Waals surface area contributed by atoms with Gasteiger partial charge in [-0.25, -0.2) is 4.39 Å². The van der Waals surface area contributed by atoms with Gasteiger partial charge in [0.2, 0.25) is 5.91 Å². The molecular weight excluding hydrogens is 418 g/mol. The number of hydrogen-bond acceptors (Lipinski definition) is 3. The highest BCUT2D eigenvalue weighted by atomic mass is 19.4. The summed E-state index contributed by atoms with van der Waals surface area (Å²) >= 11 is 0. The molecule has 0 bridgehead atoms. The minimum Gasteiger partial charge on any atom is -0.343 e. The number of benzene rings is 2. The average Bonchev–Trinajstić information content (AvgIpc) is 2.77. The van der Waals surface area contributed by atoms with Gasteiger partial charge in [0.05, 0.1) is 12.1 Å². The molecule has 1 aliphatic heterocycles. The van der Waals surface area contributed by atoms with Gasteiger partial charge in [-0.1, -0.05) is 0 Å². The van der Waals surface area contributed by atoms with Crippen molar-refractivity contribution in [3.05, 3.63) is 71.0 Å². The number of carbonyl (C=O) groups is 3. The van der Waals surface area contributed by atoms with Crippen molar-refractivity contribution in [1.29, 1.82) is 0 Å². The second-order valence-corrected chi connectivity index (χ2v) is 6.94. The van der Waals surface area contributed by atoms with Crippen molar-refractivity contribution in [2.45, 2.75) is 6.18 Å². The van der Waals surface area contributed by atoms with E-state index >= 15 is 0 Å². The summed E-state index contributed by atoms with van der Waals surface area (Å²) in [5.41, 5.74) is -0.470. The van der Waals surface area contributed by atoms with E-state index < -0.39 is 29.4 Å². The van der Waals surface area contributed by atoms with Crippen LogP contribution < -0.4 is 5.32 Å². The molecule has 31 heavy (non-hydrogen) atoms. The summed E-state index contributed by atoms with van der Waals surface area (Å²) in [5.74, 6) is -1.73. The quantitative estimate of drug-likeness (QED) is 0.748. The van der Waals surface area contributed by atoms with Crippen molar-refractivity contribution in [1.82, 2.24) is 15.1 Å². The third kappa shape index (κ3) is 5.59. The molecule has 0 radical (unpaired) electrons. The van der Waals surface area contributed by atoms with Crippen LogP contribution in [-0.2, 0) is 11.0 Å². The van der Waals surface area contributed by atoms with Crippen molar-refractivity contribution < 1.29 is 31.9 Å². The maximum Gasteiger partial charge on any atom is 0.416 e. The first-order valence-corrected chi connectivity index (χ1v) is 9.43. The van der Waals surface area contributed by atoms with Crippen molar-refractivity contribution in [3.8, 4) is 0 Å². The maximum atomic E-state index is 12.9. The van der Waals surface area contributed by atoms with E-state index in [1.807, 2.05) is 0 Å².